The highest BCUT2D eigenvalue weighted by molar-refractivity contribution is 5.81. The normalized spacial score (nSPS) is 21.4. The molecule has 6 heteroatoms. The van der Waals surface area contributed by atoms with Crippen LogP contribution in [-0.2, 0) is 11.2 Å². The van der Waals surface area contributed by atoms with Crippen molar-refractivity contribution in [3.63, 3.8) is 0 Å². The van der Waals surface area contributed by atoms with Gasteiger partial charge in [-0.05, 0) is 42.9 Å². The molecule has 0 radical (unpaired) electrons. The minimum atomic E-state index is -0.705. The van der Waals surface area contributed by atoms with Crippen LogP contribution in [0, 0.1) is 17.8 Å². The molecular weight excluding hydrogens is 330 g/mol. The number of aliphatic carboxylic acids is 1. The second-order valence-electron chi connectivity index (χ2n) is 7.80. The van der Waals surface area contributed by atoms with Crippen molar-refractivity contribution in [2.75, 3.05) is 26.7 Å². The molecule has 2 heterocycles. The van der Waals surface area contributed by atoms with Crippen LogP contribution in [0.25, 0.3) is 11.0 Å². The Labute approximate surface area is 154 Å². The third-order valence-corrected chi connectivity index (χ3v) is 5.24. The molecule has 0 aliphatic carbocycles. The molecule has 1 aliphatic heterocycles. The van der Waals surface area contributed by atoms with E-state index in [1.165, 1.54) is 0 Å². The average Bonchev–Trinajstić information content (AvgIpc) is 2.98. The SMILES string of the molecule is COc1cccc2[nH]c(CC3CN(CC(C)C)CCC3CC(=O)O)nc12. The van der Waals surface area contributed by atoms with Crippen molar-refractivity contribution in [2.45, 2.75) is 33.1 Å². The number of hydrogen-bond donors (Lipinski definition) is 2. The number of nitrogens with zero attached hydrogens (tertiary/aromatic N) is 2. The van der Waals surface area contributed by atoms with E-state index in [0.717, 1.165) is 55.1 Å². The number of ether oxygens (including phenoxy) is 1. The van der Waals surface area contributed by atoms with Crippen LogP contribution in [0.15, 0.2) is 18.2 Å². The first-order valence-corrected chi connectivity index (χ1v) is 9.42. The fourth-order valence-corrected chi connectivity index (χ4v) is 4.13. The Kier molecular flexibility index (Phi) is 5.81. The lowest BCUT2D eigenvalue weighted by Crippen LogP contribution is -2.43. The Morgan fingerprint density at radius 1 is 1.42 bits per heavy atom. The maximum Gasteiger partial charge on any atom is 0.303 e. The number of fused-ring (bicyclic) bond motifs is 1. The minimum Gasteiger partial charge on any atom is -0.494 e. The number of rotatable bonds is 7. The number of carboxylic acid groups (broad SMARTS) is 1. The van der Waals surface area contributed by atoms with Crippen molar-refractivity contribution in [3.8, 4) is 5.75 Å². The number of imidazole rings is 1. The van der Waals surface area contributed by atoms with Crippen LogP contribution in [0.3, 0.4) is 0 Å². The largest absolute Gasteiger partial charge is 0.494 e. The number of aromatic amines is 1. The van der Waals surface area contributed by atoms with E-state index in [0.29, 0.717) is 11.8 Å². The first kappa shape index (κ1) is 18.7. The monoisotopic (exact) mass is 359 g/mol. The van der Waals surface area contributed by atoms with E-state index in [-0.39, 0.29) is 12.3 Å². The quantitative estimate of drug-likeness (QED) is 0.794. The summed E-state index contributed by atoms with van der Waals surface area (Å²) in [7, 11) is 1.65. The van der Waals surface area contributed by atoms with Crippen LogP contribution in [0.1, 0.15) is 32.5 Å². The number of H-pyrrole nitrogens is 1. The number of aromatic nitrogens is 2. The zero-order valence-corrected chi connectivity index (χ0v) is 15.9. The van der Waals surface area contributed by atoms with Crippen molar-refractivity contribution >= 4 is 17.0 Å². The van der Waals surface area contributed by atoms with Crippen molar-refractivity contribution in [1.29, 1.82) is 0 Å². The van der Waals surface area contributed by atoms with Crippen LogP contribution in [0.4, 0.5) is 0 Å². The number of piperidine rings is 1. The van der Waals surface area contributed by atoms with E-state index < -0.39 is 5.97 Å². The summed E-state index contributed by atoms with van der Waals surface area (Å²) in [6.45, 7) is 7.43. The Hall–Kier alpha value is -2.08. The number of carboxylic acids is 1. The van der Waals surface area contributed by atoms with E-state index >= 15 is 0 Å². The van der Waals surface area contributed by atoms with Gasteiger partial charge < -0.3 is 19.7 Å². The Morgan fingerprint density at radius 2 is 2.23 bits per heavy atom. The van der Waals surface area contributed by atoms with Gasteiger partial charge in [0, 0.05) is 25.9 Å². The summed E-state index contributed by atoms with van der Waals surface area (Å²) < 4.78 is 5.40. The lowest BCUT2D eigenvalue weighted by atomic mass is 9.81. The summed E-state index contributed by atoms with van der Waals surface area (Å²) in [5.74, 6) is 2.08. The highest BCUT2D eigenvalue weighted by Crippen LogP contribution is 2.31. The van der Waals surface area contributed by atoms with Crippen LogP contribution in [0.5, 0.6) is 5.75 Å². The molecule has 6 nitrogen and oxygen atoms in total. The smallest absolute Gasteiger partial charge is 0.303 e. The molecule has 1 aliphatic rings. The van der Waals surface area contributed by atoms with E-state index in [1.54, 1.807) is 7.11 Å². The summed E-state index contributed by atoms with van der Waals surface area (Å²) in [5.41, 5.74) is 1.80. The predicted octanol–water partition coefficient (Wildman–Crippen LogP) is 3.18. The van der Waals surface area contributed by atoms with Crippen LogP contribution in [0.2, 0.25) is 0 Å². The topological polar surface area (TPSA) is 78.5 Å². The van der Waals surface area contributed by atoms with Gasteiger partial charge in [0.15, 0.2) is 0 Å². The molecular formula is C20H29N3O3. The van der Waals surface area contributed by atoms with Gasteiger partial charge >= 0.3 is 5.97 Å². The average molecular weight is 359 g/mol. The minimum absolute atomic E-state index is 0.200. The van der Waals surface area contributed by atoms with E-state index in [1.807, 2.05) is 18.2 Å². The molecule has 1 saturated heterocycles. The summed E-state index contributed by atoms with van der Waals surface area (Å²) in [4.78, 5) is 21.9. The van der Waals surface area contributed by atoms with Gasteiger partial charge in [-0.15, -0.1) is 0 Å². The first-order valence-electron chi connectivity index (χ1n) is 9.42. The zero-order chi connectivity index (χ0) is 18.7. The van der Waals surface area contributed by atoms with Crippen LogP contribution < -0.4 is 4.74 Å². The molecule has 142 valence electrons. The Balaban J connectivity index is 1.79. The fourth-order valence-electron chi connectivity index (χ4n) is 4.13. The summed E-state index contributed by atoms with van der Waals surface area (Å²) in [6, 6.07) is 5.85. The Bertz CT molecular complexity index is 756. The van der Waals surface area contributed by atoms with E-state index in [2.05, 4.69) is 23.7 Å². The number of para-hydroxylation sites is 1. The number of likely N-dealkylation sites (tertiary alicyclic amines) is 1. The molecule has 2 unspecified atom stereocenters. The molecule has 3 rings (SSSR count). The third-order valence-electron chi connectivity index (χ3n) is 5.24. The molecule has 1 fully saturated rings. The van der Waals surface area contributed by atoms with E-state index in [9.17, 15) is 9.90 Å². The number of benzene rings is 1. The number of carbonyl (C=O) groups is 1. The molecule has 0 spiro atoms. The maximum atomic E-state index is 11.3. The van der Waals surface area contributed by atoms with Gasteiger partial charge in [-0.2, -0.15) is 0 Å². The van der Waals surface area contributed by atoms with Crippen LogP contribution >= 0.6 is 0 Å². The summed E-state index contributed by atoms with van der Waals surface area (Å²) in [5, 5.41) is 9.29. The van der Waals surface area contributed by atoms with Crippen molar-refractivity contribution in [1.82, 2.24) is 14.9 Å². The lowest BCUT2D eigenvalue weighted by Gasteiger charge is -2.38. The van der Waals surface area contributed by atoms with Crippen molar-refractivity contribution in [3.05, 3.63) is 24.0 Å². The highest BCUT2D eigenvalue weighted by Gasteiger charge is 2.31. The van der Waals surface area contributed by atoms with Gasteiger partial charge in [-0.3, -0.25) is 4.79 Å². The zero-order valence-electron chi connectivity index (χ0n) is 15.9. The van der Waals surface area contributed by atoms with Gasteiger partial charge in [0.05, 0.1) is 12.6 Å². The molecule has 1 aromatic heterocycles. The second-order valence-corrected chi connectivity index (χ2v) is 7.80. The summed E-state index contributed by atoms with van der Waals surface area (Å²) in [6.07, 6.45) is 1.95. The molecule has 2 N–H and O–H groups in total. The van der Waals surface area contributed by atoms with Gasteiger partial charge in [-0.1, -0.05) is 19.9 Å². The molecule has 0 amide bonds. The first-order chi connectivity index (χ1) is 12.5. The maximum absolute atomic E-state index is 11.3. The molecule has 1 aromatic carbocycles. The second kappa shape index (κ2) is 8.08. The lowest BCUT2D eigenvalue weighted by molar-refractivity contribution is -0.139. The van der Waals surface area contributed by atoms with Gasteiger partial charge in [0.1, 0.15) is 17.1 Å². The van der Waals surface area contributed by atoms with E-state index in [4.69, 9.17) is 9.72 Å². The molecule has 26 heavy (non-hydrogen) atoms. The van der Waals surface area contributed by atoms with Crippen molar-refractivity contribution < 1.29 is 14.6 Å². The van der Waals surface area contributed by atoms with Crippen molar-refractivity contribution in [2.24, 2.45) is 17.8 Å². The highest BCUT2D eigenvalue weighted by atomic mass is 16.5. The molecule has 0 bridgehead atoms. The standard InChI is InChI=1S/C20H29N3O3/c1-13(2)11-23-8-7-14(10-19(24)25)15(12-23)9-18-21-16-5-4-6-17(26-3)20(16)22-18/h4-6,13-15H,7-12H2,1-3H3,(H,21,22)(H,24,25). The van der Waals surface area contributed by atoms with Crippen LogP contribution in [-0.4, -0.2) is 52.7 Å². The molecule has 2 atom stereocenters. The Morgan fingerprint density at radius 3 is 2.92 bits per heavy atom. The summed E-state index contributed by atoms with van der Waals surface area (Å²) >= 11 is 0. The number of nitrogens with one attached hydrogen (secondary N) is 1. The molecule has 2 aromatic rings. The van der Waals surface area contributed by atoms with Gasteiger partial charge in [0.2, 0.25) is 0 Å². The van der Waals surface area contributed by atoms with Gasteiger partial charge in [0.25, 0.3) is 0 Å². The fraction of sp³-hybridized carbons (Fsp3) is 0.600. The molecule has 0 saturated carbocycles. The number of methoxy groups -OCH3 is 1. The predicted molar refractivity (Wildman–Crippen MR) is 101 cm³/mol. The van der Waals surface area contributed by atoms with Gasteiger partial charge in [-0.25, -0.2) is 4.98 Å². The third kappa shape index (κ3) is 4.36. The number of hydrogen-bond acceptors (Lipinski definition) is 4.